The zero-order valence-electron chi connectivity index (χ0n) is 16.4. The molecular weight excluding hydrogens is 408 g/mol. The second-order valence-corrected chi connectivity index (χ2v) is 7.99. The number of hydrogen-bond acceptors (Lipinski definition) is 7. The van der Waals surface area contributed by atoms with Gasteiger partial charge in [0, 0.05) is 18.3 Å². The maximum Gasteiger partial charge on any atom is 0.287 e. The highest BCUT2D eigenvalue weighted by Crippen LogP contribution is 2.32. The van der Waals surface area contributed by atoms with Gasteiger partial charge in [-0.15, -0.1) is 11.3 Å². The Bertz CT molecular complexity index is 1220. The van der Waals surface area contributed by atoms with Crippen LogP contribution in [0.3, 0.4) is 0 Å². The number of aryl methyl sites for hydroxylation is 1. The Labute approximate surface area is 175 Å². The van der Waals surface area contributed by atoms with Crippen molar-refractivity contribution in [2.24, 2.45) is 0 Å². The molecule has 2 amide bonds. The van der Waals surface area contributed by atoms with E-state index < -0.39 is 11.5 Å². The molecule has 1 aliphatic heterocycles. The van der Waals surface area contributed by atoms with Crippen LogP contribution in [0.2, 0.25) is 0 Å². The van der Waals surface area contributed by atoms with Gasteiger partial charge in [0.15, 0.2) is 0 Å². The molecule has 0 saturated carbocycles. The minimum atomic E-state index is -0.525. The van der Waals surface area contributed by atoms with Crippen LogP contribution in [0.1, 0.15) is 33.5 Å². The van der Waals surface area contributed by atoms with Gasteiger partial charge >= 0.3 is 0 Å². The molecular formula is C20H20N4O5S. The van der Waals surface area contributed by atoms with Gasteiger partial charge in [0.05, 0.1) is 24.2 Å². The summed E-state index contributed by atoms with van der Waals surface area (Å²) in [6.45, 7) is 4.14. The number of anilines is 1. The molecule has 0 atom stereocenters. The first-order valence-electron chi connectivity index (χ1n) is 9.34. The van der Waals surface area contributed by atoms with E-state index >= 15 is 0 Å². The van der Waals surface area contributed by atoms with Gasteiger partial charge in [-0.1, -0.05) is 6.07 Å². The summed E-state index contributed by atoms with van der Waals surface area (Å²) in [5.74, 6) is -0.0760. The number of carbonyl (C=O) groups is 2. The van der Waals surface area contributed by atoms with Gasteiger partial charge in [0.1, 0.15) is 17.2 Å². The fraction of sp³-hybridized carbons (Fsp3) is 0.300. The summed E-state index contributed by atoms with van der Waals surface area (Å²) in [6.07, 6.45) is 0. The second-order valence-electron chi connectivity index (χ2n) is 6.91. The fourth-order valence-corrected chi connectivity index (χ4v) is 4.45. The number of nitrogens with one attached hydrogen (secondary N) is 2. The maximum absolute atomic E-state index is 12.6. The van der Waals surface area contributed by atoms with Crippen molar-refractivity contribution in [2.45, 2.75) is 27.0 Å². The quantitative estimate of drug-likeness (QED) is 0.578. The third-order valence-electron chi connectivity index (χ3n) is 4.98. The van der Waals surface area contributed by atoms with Gasteiger partial charge in [-0.05, 0) is 30.2 Å². The van der Waals surface area contributed by atoms with Crippen LogP contribution >= 0.6 is 11.3 Å². The summed E-state index contributed by atoms with van der Waals surface area (Å²) in [7, 11) is 0. The van der Waals surface area contributed by atoms with E-state index in [1.54, 1.807) is 30.0 Å². The Morgan fingerprint density at radius 3 is 2.93 bits per heavy atom. The zero-order valence-corrected chi connectivity index (χ0v) is 17.3. The third-order valence-corrected chi connectivity index (χ3v) is 6.15. The number of rotatable bonds is 4. The van der Waals surface area contributed by atoms with Crippen LogP contribution in [-0.4, -0.2) is 40.0 Å². The molecule has 10 heteroatoms. The van der Waals surface area contributed by atoms with Crippen LogP contribution in [0.4, 0.5) is 5.69 Å². The molecule has 156 valence electrons. The zero-order chi connectivity index (χ0) is 21.4. The Hall–Kier alpha value is -3.24. The highest BCUT2D eigenvalue weighted by Gasteiger charge is 2.22. The van der Waals surface area contributed by atoms with Crippen molar-refractivity contribution >= 4 is 39.1 Å². The largest absolute Gasteiger partial charge is 0.490 e. The SMILES string of the molecule is CC(=O)N1CCOc2ccc(CNC(=O)c3nc4sc(CO)c(C)c4c(=O)[nH]3)cc21. The second kappa shape index (κ2) is 7.88. The van der Waals surface area contributed by atoms with Gasteiger partial charge in [0.25, 0.3) is 11.5 Å². The van der Waals surface area contributed by atoms with Gasteiger partial charge in [0.2, 0.25) is 11.7 Å². The standard InChI is InChI=1S/C20H20N4O5S/c1-10-15(9-25)30-20-16(10)18(27)22-17(23-20)19(28)21-8-12-3-4-14-13(7-12)24(11(2)26)5-6-29-14/h3-4,7,25H,5-6,8-9H2,1-2H3,(H,21,28)(H,22,23,27). The van der Waals surface area contributed by atoms with E-state index in [2.05, 4.69) is 15.3 Å². The molecule has 0 radical (unpaired) electrons. The van der Waals surface area contributed by atoms with Crippen LogP contribution in [0.15, 0.2) is 23.0 Å². The molecule has 3 N–H and O–H groups in total. The Morgan fingerprint density at radius 1 is 1.40 bits per heavy atom. The number of amides is 2. The van der Waals surface area contributed by atoms with E-state index in [0.717, 1.165) is 5.56 Å². The molecule has 3 heterocycles. The average molecular weight is 428 g/mol. The normalized spacial score (nSPS) is 13.1. The number of aromatic nitrogens is 2. The molecule has 1 aromatic carbocycles. The van der Waals surface area contributed by atoms with E-state index in [-0.39, 0.29) is 24.9 Å². The molecule has 0 bridgehead atoms. The third kappa shape index (κ3) is 3.55. The minimum Gasteiger partial charge on any atom is -0.490 e. The molecule has 9 nitrogen and oxygen atoms in total. The van der Waals surface area contributed by atoms with Crippen molar-refractivity contribution < 1.29 is 19.4 Å². The molecule has 4 rings (SSSR count). The number of ether oxygens (including phenoxy) is 1. The predicted molar refractivity (Wildman–Crippen MR) is 112 cm³/mol. The van der Waals surface area contributed by atoms with Crippen molar-refractivity contribution in [1.82, 2.24) is 15.3 Å². The molecule has 30 heavy (non-hydrogen) atoms. The number of carbonyl (C=O) groups excluding carboxylic acids is 2. The van der Waals surface area contributed by atoms with E-state index in [1.807, 2.05) is 0 Å². The van der Waals surface area contributed by atoms with E-state index in [0.29, 0.717) is 45.2 Å². The lowest BCUT2D eigenvalue weighted by Gasteiger charge is -2.29. The fourth-order valence-electron chi connectivity index (χ4n) is 3.41. The Morgan fingerprint density at radius 2 is 2.20 bits per heavy atom. The van der Waals surface area contributed by atoms with Crippen molar-refractivity contribution in [3.63, 3.8) is 0 Å². The summed E-state index contributed by atoms with van der Waals surface area (Å²) >= 11 is 1.19. The number of nitrogens with zero attached hydrogens (tertiary/aromatic N) is 2. The molecule has 2 aromatic heterocycles. The van der Waals surface area contributed by atoms with Crippen LogP contribution in [0, 0.1) is 6.92 Å². The van der Waals surface area contributed by atoms with Crippen LogP contribution in [0.25, 0.3) is 10.2 Å². The van der Waals surface area contributed by atoms with Crippen molar-refractivity contribution in [3.8, 4) is 5.75 Å². The number of hydrogen-bond donors (Lipinski definition) is 3. The molecule has 0 aliphatic carbocycles. The first-order valence-corrected chi connectivity index (χ1v) is 10.2. The summed E-state index contributed by atoms with van der Waals surface area (Å²) in [5, 5.41) is 12.5. The smallest absolute Gasteiger partial charge is 0.287 e. The lowest BCUT2D eigenvalue weighted by Crippen LogP contribution is -2.36. The minimum absolute atomic E-state index is 0.0793. The molecule has 0 fully saturated rings. The number of aliphatic hydroxyl groups is 1. The van der Waals surface area contributed by atoms with Crippen molar-refractivity contribution in [3.05, 3.63) is 50.4 Å². The van der Waals surface area contributed by atoms with Crippen LogP contribution < -0.4 is 20.5 Å². The van der Waals surface area contributed by atoms with Crippen LogP contribution in [-0.2, 0) is 17.9 Å². The van der Waals surface area contributed by atoms with Crippen LogP contribution in [0.5, 0.6) is 5.75 Å². The molecule has 0 spiro atoms. The number of H-pyrrole nitrogens is 1. The molecule has 1 aliphatic rings. The monoisotopic (exact) mass is 428 g/mol. The first-order chi connectivity index (χ1) is 14.4. The average Bonchev–Trinajstić information content (AvgIpc) is 3.07. The van der Waals surface area contributed by atoms with Gasteiger partial charge in [-0.3, -0.25) is 14.4 Å². The number of thiophene rings is 1. The Balaban J connectivity index is 1.55. The molecule has 3 aromatic rings. The highest BCUT2D eigenvalue weighted by atomic mass is 32.1. The topological polar surface area (TPSA) is 125 Å². The lowest BCUT2D eigenvalue weighted by atomic mass is 10.1. The number of fused-ring (bicyclic) bond motifs is 2. The summed E-state index contributed by atoms with van der Waals surface area (Å²) in [5.41, 5.74) is 1.70. The highest BCUT2D eigenvalue weighted by molar-refractivity contribution is 7.18. The number of benzene rings is 1. The van der Waals surface area contributed by atoms with Crippen molar-refractivity contribution in [1.29, 1.82) is 0 Å². The number of aliphatic hydroxyl groups excluding tert-OH is 1. The summed E-state index contributed by atoms with van der Waals surface area (Å²) in [4.78, 5) is 46.2. The maximum atomic E-state index is 12.6. The predicted octanol–water partition coefficient (Wildman–Crippen LogP) is 1.46. The van der Waals surface area contributed by atoms with Gasteiger partial charge in [-0.25, -0.2) is 4.98 Å². The van der Waals surface area contributed by atoms with Gasteiger partial charge in [-0.2, -0.15) is 0 Å². The van der Waals surface area contributed by atoms with E-state index in [9.17, 15) is 19.5 Å². The number of aromatic amines is 1. The van der Waals surface area contributed by atoms with Crippen molar-refractivity contribution in [2.75, 3.05) is 18.1 Å². The first kappa shape index (κ1) is 20.0. The lowest BCUT2D eigenvalue weighted by molar-refractivity contribution is -0.116. The summed E-state index contributed by atoms with van der Waals surface area (Å²) in [6, 6.07) is 5.37. The summed E-state index contributed by atoms with van der Waals surface area (Å²) < 4.78 is 5.58. The molecule has 0 saturated heterocycles. The molecule has 0 unspecified atom stereocenters. The van der Waals surface area contributed by atoms with E-state index in [4.69, 9.17) is 4.74 Å². The van der Waals surface area contributed by atoms with Gasteiger partial charge < -0.3 is 25.0 Å². The Kier molecular flexibility index (Phi) is 5.27. The van der Waals surface area contributed by atoms with E-state index in [1.165, 1.54) is 18.3 Å².